The van der Waals surface area contributed by atoms with Gasteiger partial charge in [-0.1, -0.05) is 60.7 Å². The molecule has 0 aromatic heterocycles. The Labute approximate surface area is 131 Å². The second kappa shape index (κ2) is 10.9. The topological polar surface area (TPSA) is 97.3 Å². The summed E-state index contributed by atoms with van der Waals surface area (Å²) in [7, 11) is 0. The van der Waals surface area contributed by atoms with Gasteiger partial charge >= 0.3 is 27.5 Å². The van der Waals surface area contributed by atoms with Gasteiger partial charge in [-0.05, 0) is 11.1 Å². The van der Waals surface area contributed by atoms with Crippen molar-refractivity contribution >= 4 is 11.9 Å². The molecule has 0 aliphatic carbocycles. The van der Waals surface area contributed by atoms with Crippen molar-refractivity contribution in [3.05, 3.63) is 71.8 Å². The standard InChI is InChI=1S/2C7H6O2.O.Zr/c2*8-7(9)6-4-2-1-3-5-6;;/h2*1-5H,(H,8,9);;/q;;;+2/p-2. The van der Waals surface area contributed by atoms with Crippen molar-refractivity contribution in [1.29, 1.82) is 0 Å². The van der Waals surface area contributed by atoms with E-state index < -0.39 is 11.9 Å². The second-order valence-electron chi connectivity index (χ2n) is 3.31. The number of rotatable bonds is 2. The fourth-order valence-corrected chi connectivity index (χ4v) is 1.15. The zero-order valence-corrected chi connectivity index (χ0v) is 12.8. The predicted octanol–water partition coefficient (Wildman–Crippen LogP) is -0.0211. The van der Waals surface area contributed by atoms with Crippen LogP contribution in [0.15, 0.2) is 60.7 Å². The number of hydrogen-bond donors (Lipinski definition) is 0. The number of carboxylic acids is 2. The maximum atomic E-state index is 10.1. The van der Waals surface area contributed by atoms with Gasteiger partial charge in [0, 0.05) is 0 Å². The molecule has 100 valence electrons. The first-order chi connectivity index (χ1) is 9.61. The molecule has 2 rings (SSSR count). The Morgan fingerprint density at radius 1 is 0.650 bits per heavy atom. The Morgan fingerprint density at radius 3 is 1.05 bits per heavy atom. The van der Waals surface area contributed by atoms with Gasteiger partial charge in [-0.2, -0.15) is 0 Å². The molecule has 0 amide bonds. The van der Waals surface area contributed by atoms with Crippen molar-refractivity contribution in [2.24, 2.45) is 0 Å². The third kappa shape index (κ3) is 7.49. The number of hydrogen-bond acceptors (Lipinski definition) is 5. The van der Waals surface area contributed by atoms with Crippen LogP contribution in [0.2, 0.25) is 0 Å². The van der Waals surface area contributed by atoms with Crippen molar-refractivity contribution in [3.63, 3.8) is 0 Å². The minimum absolute atomic E-state index is 0.220. The molecular weight excluding hydrogens is 339 g/mol. The van der Waals surface area contributed by atoms with Crippen LogP contribution in [-0.2, 0) is 27.5 Å². The molecule has 0 unspecified atom stereocenters. The van der Waals surface area contributed by atoms with Gasteiger partial charge in [0.25, 0.3) is 0 Å². The van der Waals surface area contributed by atoms with Crippen molar-refractivity contribution in [2.75, 3.05) is 0 Å². The summed E-state index contributed by atoms with van der Waals surface area (Å²) in [6.45, 7) is 0. The fourth-order valence-electron chi connectivity index (χ4n) is 1.15. The summed E-state index contributed by atoms with van der Waals surface area (Å²) in [6, 6.07) is 16.1. The van der Waals surface area contributed by atoms with Crippen LogP contribution in [0.3, 0.4) is 0 Å². The third-order valence-corrected chi connectivity index (χ3v) is 2.02. The summed E-state index contributed by atoms with van der Waals surface area (Å²) in [5.41, 5.74) is 0.440. The molecular formula is C14H10O5Zr. The number of carbonyl (C=O) groups is 2. The van der Waals surface area contributed by atoms with Crippen molar-refractivity contribution in [1.82, 2.24) is 0 Å². The van der Waals surface area contributed by atoms with E-state index in [9.17, 15) is 19.8 Å². The van der Waals surface area contributed by atoms with Crippen LogP contribution in [0.5, 0.6) is 0 Å². The molecule has 2 aromatic rings. The number of carboxylic acid groups (broad SMARTS) is 2. The van der Waals surface area contributed by atoms with Gasteiger partial charge in [-0.25, -0.2) is 0 Å². The Hall–Kier alpha value is -1.94. The van der Waals surface area contributed by atoms with Gasteiger partial charge in [0.05, 0.1) is 11.9 Å². The molecule has 0 heterocycles. The summed E-state index contributed by atoms with van der Waals surface area (Å²) >= 11 is 0.300. The van der Waals surface area contributed by atoms with Crippen LogP contribution in [0.1, 0.15) is 20.7 Å². The van der Waals surface area contributed by atoms with Crippen LogP contribution >= 0.6 is 0 Å². The molecule has 0 N–H and O–H groups in total. The summed E-state index contributed by atoms with van der Waals surface area (Å²) in [5, 5.41) is 20.2. The molecule has 0 saturated carbocycles. The molecule has 6 heteroatoms. The quantitative estimate of drug-likeness (QED) is 0.759. The Morgan fingerprint density at radius 2 is 0.900 bits per heavy atom. The fraction of sp³-hybridized carbons (Fsp3) is 0. The van der Waals surface area contributed by atoms with Gasteiger partial charge in [0.15, 0.2) is 0 Å². The molecule has 0 aliphatic heterocycles. The van der Waals surface area contributed by atoms with E-state index in [0.29, 0.717) is 24.7 Å². The van der Waals surface area contributed by atoms with E-state index in [2.05, 4.69) is 0 Å². The molecule has 0 aliphatic rings. The Bertz CT molecular complexity index is 478. The SMILES string of the molecule is O=C([O-])c1ccccc1.O=C([O-])c1ccccc1.[O]=[Zr+2]. The van der Waals surface area contributed by atoms with Crippen LogP contribution in [0, 0.1) is 0 Å². The third-order valence-electron chi connectivity index (χ3n) is 2.02. The average molecular weight is 349 g/mol. The summed E-state index contributed by atoms with van der Waals surface area (Å²) < 4.78 is 8.34. The van der Waals surface area contributed by atoms with E-state index in [1.807, 2.05) is 0 Å². The first-order valence-corrected chi connectivity index (χ1v) is 6.35. The van der Waals surface area contributed by atoms with E-state index in [4.69, 9.17) is 2.81 Å². The zero-order valence-electron chi connectivity index (χ0n) is 10.3. The van der Waals surface area contributed by atoms with E-state index in [1.165, 1.54) is 24.3 Å². The second-order valence-corrected chi connectivity index (χ2v) is 3.31. The number of benzene rings is 2. The molecule has 0 bridgehead atoms. The zero-order chi connectivity index (χ0) is 15.4. The van der Waals surface area contributed by atoms with Crippen molar-refractivity contribution in [2.45, 2.75) is 0 Å². The Balaban J connectivity index is 0.000000321. The molecule has 0 radical (unpaired) electrons. The average Bonchev–Trinajstić information content (AvgIpc) is 2.51. The van der Waals surface area contributed by atoms with Crippen molar-refractivity contribution < 1.29 is 47.3 Å². The monoisotopic (exact) mass is 348 g/mol. The molecule has 5 nitrogen and oxygen atoms in total. The maximum absolute atomic E-state index is 10.1. The summed E-state index contributed by atoms with van der Waals surface area (Å²) in [5.74, 6) is -2.26. The van der Waals surface area contributed by atoms with Gasteiger partial charge in [0.1, 0.15) is 0 Å². The number of aromatic carboxylic acids is 2. The summed E-state index contributed by atoms with van der Waals surface area (Å²) in [4.78, 5) is 20.2. The molecule has 0 spiro atoms. The normalized spacial score (nSPS) is 8.30. The van der Waals surface area contributed by atoms with E-state index in [0.717, 1.165) is 0 Å². The molecule has 0 atom stereocenters. The number of carbonyl (C=O) groups excluding carboxylic acids is 2. The first kappa shape index (κ1) is 18.1. The van der Waals surface area contributed by atoms with Gasteiger partial charge < -0.3 is 19.8 Å². The van der Waals surface area contributed by atoms with Crippen LogP contribution in [0.4, 0.5) is 0 Å². The molecule has 0 fully saturated rings. The van der Waals surface area contributed by atoms with Crippen LogP contribution < -0.4 is 10.2 Å². The first-order valence-electron chi connectivity index (χ1n) is 5.34. The minimum atomic E-state index is -1.13. The van der Waals surface area contributed by atoms with E-state index in [1.54, 1.807) is 36.4 Å². The summed E-state index contributed by atoms with van der Waals surface area (Å²) in [6.07, 6.45) is 0. The molecule has 0 saturated heterocycles. The predicted molar refractivity (Wildman–Crippen MR) is 62.2 cm³/mol. The molecule has 20 heavy (non-hydrogen) atoms. The van der Waals surface area contributed by atoms with E-state index in [-0.39, 0.29) is 11.1 Å². The van der Waals surface area contributed by atoms with E-state index >= 15 is 0 Å². The van der Waals surface area contributed by atoms with Crippen molar-refractivity contribution in [3.8, 4) is 0 Å². The van der Waals surface area contributed by atoms with Gasteiger partial charge in [-0.3, -0.25) is 0 Å². The van der Waals surface area contributed by atoms with Crippen LogP contribution in [0.25, 0.3) is 0 Å². The molecule has 2 aromatic carbocycles. The van der Waals surface area contributed by atoms with Gasteiger partial charge in [-0.15, -0.1) is 0 Å². The Kier molecular flexibility index (Phi) is 9.88. The van der Waals surface area contributed by atoms with Gasteiger partial charge in [0.2, 0.25) is 0 Å². The van der Waals surface area contributed by atoms with Crippen LogP contribution in [-0.4, -0.2) is 11.9 Å².